The second-order valence-electron chi connectivity index (χ2n) is 8.02. The van der Waals surface area contributed by atoms with Crippen LogP contribution in [0.3, 0.4) is 0 Å². The topological polar surface area (TPSA) is 76.4 Å². The number of piperazine rings is 1. The predicted molar refractivity (Wildman–Crippen MR) is 98.4 cm³/mol. The molecular formula is C17H23ClN6O2. The van der Waals surface area contributed by atoms with Crippen molar-refractivity contribution in [2.75, 3.05) is 18.0 Å². The molecule has 2 aliphatic heterocycles. The number of carbonyl (C=O) groups excluding carboxylic acids is 1. The third kappa shape index (κ3) is 2.96. The zero-order valence-corrected chi connectivity index (χ0v) is 16.2. The molecule has 2 aliphatic rings. The molecule has 26 heavy (non-hydrogen) atoms. The molecule has 2 aromatic heterocycles. The summed E-state index contributed by atoms with van der Waals surface area (Å²) in [4.78, 5) is 29.8. The average Bonchev–Trinajstić information content (AvgIpc) is 3.03. The van der Waals surface area contributed by atoms with Crippen LogP contribution in [0.15, 0.2) is 6.33 Å². The highest BCUT2D eigenvalue weighted by Crippen LogP contribution is 2.35. The van der Waals surface area contributed by atoms with E-state index in [1.165, 1.54) is 0 Å². The van der Waals surface area contributed by atoms with Gasteiger partial charge in [-0.3, -0.25) is 4.90 Å². The van der Waals surface area contributed by atoms with Crippen LogP contribution in [0.4, 0.5) is 10.6 Å². The minimum absolute atomic E-state index is 0.108. The maximum atomic E-state index is 12.6. The van der Waals surface area contributed by atoms with Crippen molar-refractivity contribution in [3.63, 3.8) is 0 Å². The number of amides is 1. The molecule has 0 aromatic carbocycles. The van der Waals surface area contributed by atoms with E-state index in [4.69, 9.17) is 16.3 Å². The van der Waals surface area contributed by atoms with E-state index in [1.54, 1.807) is 6.33 Å². The minimum atomic E-state index is -0.492. The lowest BCUT2D eigenvalue weighted by Crippen LogP contribution is -2.57. The van der Waals surface area contributed by atoms with Crippen molar-refractivity contribution in [3.8, 4) is 0 Å². The predicted octanol–water partition coefficient (Wildman–Crippen LogP) is 2.60. The highest BCUT2D eigenvalue weighted by Gasteiger charge is 2.45. The molecule has 2 unspecified atom stereocenters. The van der Waals surface area contributed by atoms with Crippen LogP contribution in [-0.4, -0.2) is 61.3 Å². The second kappa shape index (κ2) is 5.97. The number of ether oxygens (including phenoxy) is 1. The van der Waals surface area contributed by atoms with Gasteiger partial charge >= 0.3 is 6.09 Å². The fourth-order valence-corrected chi connectivity index (χ4v) is 4.04. The molecule has 2 atom stereocenters. The van der Waals surface area contributed by atoms with Gasteiger partial charge in [0.15, 0.2) is 17.0 Å². The number of carbonyl (C=O) groups is 1. The molecule has 8 nitrogen and oxygen atoms in total. The van der Waals surface area contributed by atoms with Crippen molar-refractivity contribution >= 4 is 34.7 Å². The third-order valence-electron chi connectivity index (χ3n) is 4.90. The van der Waals surface area contributed by atoms with Crippen LogP contribution in [-0.2, 0) is 11.8 Å². The average molecular weight is 379 g/mol. The van der Waals surface area contributed by atoms with E-state index >= 15 is 0 Å². The first-order valence-corrected chi connectivity index (χ1v) is 9.21. The third-order valence-corrected chi connectivity index (χ3v) is 5.07. The Balaban J connectivity index is 1.61. The fourth-order valence-electron chi connectivity index (χ4n) is 3.88. The molecule has 1 amide bonds. The molecule has 0 saturated carbocycles. The number of aryl methyl sites for hydroxylation is 1. The number of halogens is 1. The number of hydrogen-bond donors (Lipinski definition) is 0. The van der Waals surface area contributed by atoms with Crippen molar-refractivity contribution in [1.82, 2.24) is 24.4 Å². The van der Waals surface area contributed by atoms with Crippen LogP contribution in [0.2, 0.25) is 5.28 Å². The van der Waals surface area contributed by atoms with Gasteiger partial charge in [0.05, 0.1) is 18.4 Å². The number of aromatic nitrogens is 4. The molecule has 0 aliphatic carbocycles. The second-order valence-corrected chi connectivity index (χ2v) is 8.36. The van der Waals surface area contributed by atoms with Crippen molar-refractivity contribution in [2.24, 2.45) is 7.05 Å². The van der Waals surface area contributed by atoms with Gasteiger partial charge in [0.25, 0.3) is 0 Å². The van der Waals surface area contributed by atoms with Gasteiger partial charge in [-0.1, -0.05) is 0 Å². The van der Waals surface area contributed by atoms with Gasteiger partial charge in [-0.25, -0.2) is 9.78 Å². The van der Waals surface area contributed by atoms with E-state index in [2.05, 4.69) is 19.9 Å². The minimum Gasteiger partial charge on any atom is -0.444 e. The molecule has 2 bridgehead atoms. The Kier molecular flexibility index (Phi) is 3.98. The number of fused-ring (bicyclic) bond motifs is 3. The summed E-state index contributed by atoms with van der Waals surface area (Å²) in [5.41, 5.74) is 0.956. The zero-order chi connectivity index (χ0) is 18.6. The van der Waals surface area contributed by atoms with E-state index in [1.807, 2.05) is 37.3 Å². The summed E-state index contributed by atoms with van der Waals surface area (Å²) in [5.74, 6) is 0.737. The fraction of sp³-hybridized carbons (Fsp3) is 0.647. The summed E-state index contributed by atoms with van der Waals surface area (Å²) in [6.45, 7) is 7.06. The molecule has 2 saturated heterocycles. The Morgan fingerprint density at radius 2 is 1.88 bits per heavy atom. The summed E-state index contributed by atoms with van der Waals surface area (Å²) in [5, 5.41) is 0.206. The van der Waals surface area contributed by atoms with Gasteiger partial charge in [0.1, 0.15) is 5.60 Å². The van der Waals surface area contributed by atoms with Gasteiger partial charge < -0.3 is 14.2 Å². The quantitative estimate of drug-likeness (QED) is 0.710. The summed E-state index contributed by atoms with van der Waals surface area (Å²) in [6.07, 6.45) is 3.41. The smallest absolute Gasteiger partial charge is 0.410 e. The van der Waals surface area contributed by atoms with Crippen LogP contribution in [0.25, 0.3) is 11.2 Å². The first-order valence-electron chi connectivity index (χ1n) is 8.84. The Morgan fingerprint density at radius 1 is 1.23 bits per heavy atom. The van der Waals surface area contributed by atoms with Crippen LogP contribution in [0.5, 0.6) is 0 Å². The monoisotopic (exact) mass is 378 g/mol. The van der Waals surface area contributed by atoms with Gasteiger partial charge in [0.2, 0.25) is 5.28 Å². The van der Waals surface area contributed by atoms with Gasteiger partial charge in [0, 0.05) is 20.1 Å². The molecular weight excluding hydrogens is 356 g/mol. The van der Waals surface area contributed by atoms with Crippen molar-refractivity contribution in [2.45, 2.75) is 51.3 Å². The first-order chi connectivity index (χ1) is 12.2. The zero-order valence-electron chi connectivity index (χ0n) is 15.4. The number of anilines is 1. The Labute approximate surface area is 157 Å². The summed E-state index contributed by atoms with van der Waals surface area (Å²) in [6, 6.07) is 0.215. The number of hydrogen-bond acceptors (Lipinski definition) is 6. The molecule has 0 spiro atoms. The maximum Gasteiger partial charge on any atom is 0.410 e. The van der Waals surface area contributed by atoms with Crippen LogP contribution in [0, 0.1) is 0 Å². The lowest BCUT2D eigenvalue weighted by atomic mass is 10.2. The summed E-state index contributed by atoms with van der Waals surface area (Å²) in [7, 11) is 1.88. The Morgan fingerprint density at radius 3 is 2.50 bits per heavy atom. The van der Waals surface area contributed by atoms with Crippen LogP contribution in [0.1, 0.15) is 33.6 Å². The lowest BCUT2D eigenvalue weighted by molar-refractivity contribution is 0.0123. The van der Waals surface area contributed by atoms with Gasteiger partial charge in [-0.15, -0.1) is 0 Å². The molecule has 0 radical (unpaired) electrons. The normalized spacial score (nSPS) is 23.0. The molecule has 0 N–H and O–H groups in total. The van der Waals surface area contributed by atoms with E-state index in [0.29, 0.717) is 18.7 Å². The standard InChI is InChI=1S/C17H23ClN6O2/c1-17(2,3)26-16(25)24-10-5-6-11(24)8-23(7-10)14-12-13(20-15(18)21-14)22(4)9-19-12/h9-11H,5-8H2,1-4H3. The summed E-state index contributed by atoms with van der Waals surface area (Å²) < 4.78 is 7.43. The molecule has 4 rings (SSSR count). The van der Waals surface area contributed by atoms with E-state index in [0.717, 1.165) is 24.2 Å². The van der Waals surface area contributed by atoms with Crippen LogP contribution < -0.4 is 4.90 Å². The number of nitrogens with zero attached hydrogens (tertiary/aromatic N) is 6. The molecule has 9 heteroatoms. The molecule has 4 heterocycles. The molecule has 2 fully saturated rings. The molecule has 140 valence electrons. The van der Waals surface area contributed by atoms with Crippen LogP contribution >= 0.6 is 11.6 Å². The Bertz CT molecular complexity index is 847. The highest BCUT2D eigenvalue weighted by molar-refractivity contribution is 6.28. The first kappa shape index (κ1) is 17.3. The van der Waals surface area contributed by atoms with Crippen molar-refractivity contribution < 1.29 is 9.53 Å². The maximum absolute atomic E-state index is 12.6. The van der Waals surface area contributed by atoms with E-state index < -0.39 is 5.60 Å². The number of imidazole rings is 1. The van der Waals surface area contributed by atoms with E-state index in [9.17, 15) is 4.79 Å². The van der Waals surface area contributed by atoms with Gasteiger partial charge in [-0.2, -0.15) is 9.97 Å². The van der Waals surface area contributed by atoms with Crippen molar-refractivity contribution in [3.05, 3.63) is 11.6 Å². The molecule has 2 aromatic rings. The SMILES string of the molecule is Cn1cnc2c(N3CC4CCC(C3)N4C(=O)OC(C)(C)C)nc(Cl)nc21. The number of rotatable bonds is 1. The Hall–Kier alpha value is -2.09. The summed E-state index contributed by atoms with van der Waals surface area (Å²) >= 11 is 6.14. The highest BCUT2D eigenvalue weighted by atomic mass is 35.5. The lowest BCUT2D eigenvalue weighted by Gasteiger charge is -2.41. The van der Waals surface area contributed by atoms with Crippen molar-refractivity contribution in [1.29, 1.82) is 0 Å². The van der Waals surface area contributed by atoms with E-state index in [-0.39, 0.29) is 23.5 Å². The van der Waals surface area contributed by atoms with Gasteiger partial charge in [-0.05, 0) is 45.2 Å². The largest absolute Gasteiger partial charge is 0.444 e.